The van der Waals surface area contributed by atoms with E-state index in [1.807, 2.05) is 0 Å². The van der Waals surface area contributed by atoms with Crippen LogP contribution < -0.4 is 10.9 Å². The van der Waals surface area contributed by atoms with E-state index >= 15 is 0 Å². The molecule has 0 saturated carbocycles. The van der Waals surface area contributed by atoms with Crippen LogP contribution in [0.2, 0.25) is 0 Å². The van der Waals surface area contributed by atoms with Crippen molar-refractivity contribution in [3.63, 3.8) is 0 Å². The minimum absolute atomic E-state index is 0.0228. The van der Waals surface area contributed by atoms with Crippen LogP contribution in [0.25, 0.3) is 0 Å². The van der Waals surface area contributed by atoms with Gasteiger partial charge < -0.3 is 14.6 Å². The van der Waals surface area contributed by atoms with Crippen molar-refractivity contribution in [3.8, 4) is 0 Å². The van der Waals surface area contributed by atoms with Crippen molar-refractivity contribution in [2.24, 2.45) is 0 Å². The number of amides is 1. The van der Waals surface area contributed by atoms with E-state index in [0.29, 0.717) is 4.47 Å². The Kier molecular flexibility index (Phi) is 5.86. The lowest BCUT2D eigenvalue weighted by Gasteiger charge is -2.14. The summed E-state index contributed by atoms with van der Waals surface area (Å²) >= 11 is 3.11. The number of ether oxygens (including phenoxy) is 1. The first-order valence-corrected chi connectivity index (χ1v) is 7.77. The van der Waals surface area contributed by atoms with Gasteiger partial charge >= 0.3 is 5.97 Å². The summed E-state index contributed by atoms with van der Waals surface area (Å²) in [5.41, 5.74) is -0.381. The number of hydrogen-bond acceptors (Lipinski definition) is 4. The molecule has 8 heteroatoms. The summed E-state index contributed by atoms with van der Waals surface area (Å²) in [4.78, 5) is 35.3. The highest BCUT2D eigenvalue weighted by atomic mass is 79.9. The third-order valence-electron chi connectivity index (χ3n) is 3.06. The first kappa shape index (κ1) is 17.9. The number of esters is 1. The molecule has 0 aliphatic carbocycles. The zero-order valence-electron chi connectivity index (χ0n) is 12.7. The average Bonchev–Trinajstić information content (AvgIpc) is 2.52. The zero-order valence-corrected chi connectivity index (χ0v) is 14.2. The number of nitrogens with one attached hydrogen (secondary N) is 1. The van der Waals surface area contributed by atoms with Gasteiger partial charge in [-0.2, -0.15) is 0 Å². The Hall–Kier alpha value is -2.48. The first-order chi connectivity index (χ1) is 11.4. The third-order valence-corrected chi connectivity index (χ3v) is 3.56. The minimum atomic E-state index is -1.14. The van der Waals surface area contributed by atoms with Crippen LogP contribution in [0.4, 0.5) is 10.1 Å². The predicted octanol–water partition coefficient (Wildman–Crippen LogP) is 2.32. The Balaban J connectivity index is 1.94. The molecule has 126 valence electrons. The molecule has 24 heavy (non-hydrogen) atoms. The lowest BCUT2D eigenvalue weighted by atomic mass is 10.3. The summed E-state index contributed by atoms with van der Waals surface area (Å²) in [5.74, 6) is -2.04. The van der Waals surface area contributed by atoms with Crippen LogP contribution in [-0.4, -0.2) is 22.5 Å². The fraction of sp³-hybridized carbons (Fsp3) is 0.188. The molecule has 0 fully saturated rings. The second-order valence-electron chi connectivity index (χ2n) is 4.91. The van der Waals surface area contributed by atoms with E-state index in [0.717, 1.165) is 4.57 Å². The summed E-state index contributed by atoms with van der Waals surface area (Å²) in [7, 11) is 0. The fourth-order valence-corrected chi connectivity index (χ4v) is 2.18. The zero-order chi connectivity index (χ0) is 17.7. The van der Waals surface area contributed by atoms with E-state index < -0.39 is 23.8 Å². The van der Waals surface area contributed by atoms with Gasteiger partial charge in [0.05, 0.1) is 5.69 Å². The van der Waals surface area contributed by atoms with E-state index in [9.17, 15) is 18.8 Å². The maximum atomic E-state index is 13.7. The molecule has 0 radical (unpaired) electrons. The van der Waals surface area contributed by atoms with Crippen molar-refractivity contribution in [2.45, 2.75) is 19.6 Å². The van der Waals surface area contributed by atoms with Crippen LogP contribution in [0, 0.1) is 5.82 Å². The van der Waals surface area contributed by atoms with Gasteiger partial charge in [0.25, 0.3) is 11.5 Å². The highest BCUT2D eigenvalue weighted by Gasteiger charge is 2.19. The highest BCUT2D eigenvalue weighted by molar-refractivity contribution is 9.10. The van der Waals surface area contributed by atoms with Gasteiger partial charge in [-0.1, -0.05) is 22.0 Å². The Morgan fingerprint density at radius 1 is 1.33 bits per heavy atom. The van der Waals surface area contributed by atoms with E-state index in [1.54, 1.807) is 18.2 Å². The number of hydrogen-bond donors (Lipinski definition) is 1. The van der Waals surface area contributed by atoms with Crippen LogP contribution in [0.3, 0.4) is 0 Å². The molecule has 1 heterocycles. The second kappa shape index (κ2) is 7.87. The maximum Gasteiger partial charge on any atom is 0.326 e. The van der Waals surface area contributed by atoms with Gasteiger partial charge in [-0.05, 0) is 31.2 Å². The highest BCUT2D eigenvalue weighted by Crippen LogP contribution is 2.19. The molecule has 0 spiro atoms. The molecule has 1 aromatic carbocycles. The average molecular weight is 397 g/mol. The van der Waals surface area contributed by atoms with E-state index in [4.69, 9.17) is 4.74 Å². The lowest BCUT2D eigenvalue weighted by molar-refractivity contribution is -0.153. The van der Waals surface area contributed by atoms with Crippen molar-refractivity contribution in [1.29, 1.82) is 0 Å². The fourth-order valence-electron chi connectivity index (χ4n) is 1.84. The Morgan fingerprint density at radius 2 is 2.08 bits per heavy atom. The number of carbonyl (C=O) groups is 2. The molecule has 0 bridgehead atoms. The van der Waals surface area contributed by atoms with Crippen molar-refractivity contribution in [2.75, 3.05) is 5.32 Å². The van der Waals surface area contributed by atoms with E-state index in [-0.39, 0.29) is 17.8 Å². The van der Waals surface area contributed by atoms with E-state index in [1.165, 1.54) is 31.3 Å². The van der Waals surface area contributed by atoms with Crippen LogP contribution in [0.1, 0.15) is 6.92 Å². The molecule has 6 nitrogen and oxygen atoms in total. The summed E-state index contributed by atoms with van der Waals surface area (Å²) in [6.07, 6.45) is 0.297. The Morgan fingerprint density at radius 3 is 2.75 bits per heavy atom. The SMILES string of the molecule is C[C@H](OC(=O)Cn1ccccc1=O)C(=O)Nc1ccc(Br)cc1F. The first-order valence-electron chi connectivity index (χ1n) is 6.97. The van der Waals surface area contributed by atoms with Crippen molar-refractivity contribution < 1.29 is 18.7 Å². The van der Waals surface area contributed by atoms with Gasteiger partial charge in [0, 0.05) is 16.7 Å². The minimum Gasteiger partial charge on any atom is -0.451 e. The summed E-state index contributed by atoms with van der Waals surface area (Å²) in [6, 6.07) is 8.61. The van der Waals surface area contributed by atoms with Crippen LogP contribution in [0.15, 0.2) is 51.9 Å². The number of carbonyl (C=O) groups excluding carboxylic acids is 2. The Labute approximate surface area is 145 Å². The summed E-state index contributed by atoms with van der Waals surface area (Å²) < 4.78 is 20.3. The molecule has 0 aliphatic heterocycles. The monoisotopic (exact) mass is 396 g/mol. The molecule has 2 aromatic rings. The Bertz CT molecular complexity index is 822. The van der Waals surface area contributed by atoms with Gasteiger partial charge in [0.15, 0.2) is 6.10 Å². The van der Waals surface area contributed by atoms with Gasteiger partial charge in [-0.25, -0.2) is 4.39 Å². The lowest BCUT2D eigenvalue weighted by Crippen LogP contribution is -2.32. The number of nitrogens with zero attached hydrogens (tertiary/aromatic N) is 1. The number of pyridine rings is 1. The molecular formula is C16H14BrFN2O4. The smallest absolute Gasteiger partial charge is 0.326 e. The number of benzene rings is 1. The van der Waals surface area contributed by atoms with Gasteiger partial charge in [-0.15, -0.1) is 0 Å². The molecular weight excluding hydrogens is 383 g/mol. The number of rotatable bonds is 5. The standard InChI is InChI=1S/C16H14BrFN2O4/c1-10(16(23)19-13-6-5-11(17)8-12(13)18)24-15(22)9-20-7-3-2-4-14(20)21/h2-8,10H,9H2,1H3,(H,19,23)/t10-/m0/s1. The third kappa shape index (κ3) is 4.76. The van der Waals surface area contributed by atoms with Gasteiger partial charge in [0.2, 0.25) is 0 Å². The molecule has 0 aliphatic rings. The molecule has 0 unspecified atom stereocenters. The van der Waals surface area contributed by atoms with Gasteiger partial charge in [0.1, 0.15) is 12.4 Å². The normalized spacial score (nSPS) is 11.6. The van der Waals surface area contributed by atoms with Crippen LogP contribution in [-0.2, 0) is 20.9 Å². The second-order valence-corrected chi connectivity index (χ2v) is 5.83. The molecule has 1 atom stereocenters. The van der Waals surface area contributed by atoms with Crippen molar-refractivity contribution in [3.05, 3.63) is 63.2 Å². The quantitative estimate of drug-likeness (QED) is 0.786. The molecule has 1 amide bonds. The maximum absolute atomic E-state index is 13.7. The number of anilines is 1. The van der Waals surface area contributed by atoms with Crippen molar-refractivity contribution in [1.82, 2.24) is 4.57 Å². The number of aromatic nitrogens is 1. The van der Waals surface area contributed by atoms with E-state index in [2.05, 4.69) is 21.2 Å². The van der Waals surface area contributed by atoms with Gasteiger partial charge in [-0.3, -0.25) is 14.4 Å². The summed E-state index contributed by atoms with van der Waals surface area (Å²) in [6.45, 7) is 1.04. The molecule has 1 N–H and O–H groups in total. The van der Waals surface area contributed by atoms with Crippen LogP contribution in [0.5, 0.6) is 0 Å². The van der Waals surface area contributed by atoms with Crippen molar-refractivity contribution >= 4 is 33.5 Å². The summed E-state index contributed by atoms with van der Waals surface area (Å²) in [5, 5.41) is 2.34. The molecule has 2 rings (SSSR count). The molecule has 0 saturated heterocycles. The largest absolute Gasteiger partial charge is 0.451 e. The molecule has 1 aromatic heterocycles. The number of halogens is 2. The van der Waals surface area contributed by atoms with Crippen LogP contribution >= 0.6 is 15.9 Å². The predicted molar refractivity (Wildman–Crippen MR) is 89.0 cm³/mol. The topological polar surface area (TPSA) is 77.4 Å².